The highest BCUT2D eigenvalue weighted by atomic mass is 79.9. The lowest BCUT2D eigenvalue weighted by Gasteiger charge is -2.29. The molecule has 2 heterocycles. The van der Waals surface area contributed by atoms with Crippen LogP contribution in [0.3, 0.4) is 0 Å². The Kier molecular flexibility index (Phi) is 3.40. The average molecular weight is 336 g/mol. The molecule has 102 valence electrons. The van der Waals surface area contributed by atoms with Crippen LogP contribution in [0.15, 0.2) is 41.0 Å². The Morgan fingerprint density at radius 1 is 1.35 bits per heavy atom. The molecule has 0 radical (unpaired) electrons. The Labute approximate surface area is 123 Å². The largest absolute Gasteiger partial charge is 0.352 e. The molecule has 0 aliphatic carbocycles. The third-order valence-electron chi connectivity index (χ3n) is 3.10. The number of rotatable bonds is 2. The lowest BCUT2D eigenvalue weighted by molar-refractivity contribution is 0.0745. The van der Waals surface area contributed by atoms with Gasteiger partial charge >= 0.3 is 0 Å². The molecule has 0 spiro atoms. The predicted molar refractivity (Wildman–Crippen MR) is 76.7 cm³/mol. The van der Waals surface area contributed by atoms with Crippen molar-refractivity contribution in [3.05, 3.63) is 57.9 Å². The van der Waals surface area contributed by atoms with Crippen LogP contribution < -0.4 is 5.32 Å². The van der Waals surface area contributed by atoms with Crippen molar-refractivity contribution < 1.29 is 9.18 Å². The Morgan fingerprint density at radius 2 is 2.10 bits per heavy atom. The number of carbonyl (C=O) groups is 1. The standard InChI is InChI=1S/C14H11BrFN3O/c15-10-5-12-13(17-6-10)18-8-19(14(12)20)7-9-1-3-11(16)4-2-9/h1-6H,7-8H2,(H,17,18). The fraction of sp³-hybridized carbons (Fsp3) is 0.143. The minimum absolute atomic E-state index is 0.0862. The maximum atomic E-state index is 12.9. The summed E-state index contributed by atoms with van der Waals surface area (Å²) in [6.07, 6.45) is 1.65. The fourth-order valence-corrected chi connectivity index (χ4v) is 2.42. The smallest absolute Gasteiger partial charge is 0.259 e. The lowest BCUT2D eigenvalue weighted by atomic mass is 10.1. The number of benzene rings is 1. The number of halogens is 2. The van der Waals surface area contributed by atoms with Crippen LogP contribution >= 0.6 is 15.9 Å². The molecule has 6 heteroatoms. The van der Waals surface area contributed by atoms with Gasteiger partial charge in [0.15, 0.2) is 0 Å². The molecule has 20 heavy (non-hydrogen) atoms. The number of nitrogens with one attached hydrogen (secondary N) is 1. The summed E-state index contributed by atoms with van der Waals surface area (Å²) >= 11 is 3.31. The molecular formula is C14H11BrFN3O. The molecule has 4 nitrogen and oxygen atoms in total. The second kappa shape index (κ2) is 5.20. The van der Waals surface area contributed by atoms with Gasteiger partial charge in [0.25, 0.3) is 5.91 Å². The number of hydrogen-bond acceptors (Lipinski definition) is 3. The highest BCUT2D eigenvalue weighted by Crippen LogP contribution is 2.24. The van der Waals surface area contributed by atoms with Gasteiger partial charge in [-0.1, -0.05) is 12.1 Å². The summed E-state index contributed by atoms with van der Waals surface area (Å²) in [5, 5.41) is 3.10. The number of anilines is 1. The van der Waals surface area contributed by atoms with Gasteiger partial charge in [-0.3, -0.25) is 4.79 Å². The first-order valence-electron chi connectivity index (χ1n) is 6.06. The van der Waals surface area contributed by atoms with Crippen LogP contribution in [0.5, 0.6) is 0 Å². The zero-order valence-electron chi connectivity index (χ0n) is 10.4. The van der Waals surface area contributed by atoms with E-state index in [1.54, 1.807) is 29.3 Å². The number of amides is 1. The molecule has 1 amide bonds. The first kappa shape index (κ1) is 13.1. The van der Waals surface area contributed by atoms with E-state index in [0.717, 1.165) is 10.0 Å². The zero-order chi connectivity index (χ0) is 14.1. The van der Waals surface area contributed by atoms with Gasteiger partial charge in [-0.15, -0.1) is 0 Å². The maximum absolute atomic E-state index is 12.9. The fourth-order valence-electron chi connectivity index (χ4n) is 2.09. The summed E-state index contributed by atoms with van der Waals surface area (Å²) in [4.78, 5) is 18.2. The Morgan fingerprint density at radius 3 is 2.85 bits per heavy atom. The molecule has 0 saturated carbocycles. The quantitative estimate of drug-likeness (QED) is 0.917. The van der Waals surface area contributed by atoms with E-state index in [4.69, 9.17) is 0 Å². The number of nitrogens with zero attached hydrogens (tertiary/aromatic N) is 2. The van der Waals surface area contributed by atoms with E-state index in [2.05, 4.69) is 26.2 Å². The van der Waals surface area contributed by atoms with Crippen molar-refractivity contribution in [2.45, 2.75) is 6.54 Å². The molecule has 1 aromatic carbocycles. The van der Waals surface area contributed by atoms with Crippen molar-refractivity contribution >= 4 is 27.7 Å². The van der Waals surface area contributed by atoms with Gasteiger partial charge in [0, 0.05) is 17.2 Å². The number of pyridine rings is 1. The van der Waals surface area contributed by atoms with Gasteiger partial charge in [0.2, 0.25) is 0 Å². The third-order valence-corrected chi connectivity index (χ3v) is 3.53. The highest BCUT2D eigenvalue weighted by molar-refractivity contribution is 9.10. The van der Waals surface area contributed by atoms with E-state index in [-0.39, 0.29) is 11.7 Å². The molecular weight excluding hydrogens is 325 g/mol. The van der Waals surface area contributed by atoms with Crippen LogP contribution in [0.2, 0.25) is 0 Å². The molecule has 1 aromatic heterocycles. The normalized spacial score (nSPS) is 13.9. The zero-order valence-corrected chi connectivity index (χ0v) is 12.0. The molecule has 2 aromatic rings. The SMILES string of the molecule is O=C1c2cc(Br)cnc2NCN1Cc1ccc(F)cc1. The van der Waals surface area contributed by atoms with Gasteiger partial charge < -0.3 is 10.2 Å². The molecule has 0 unspecified atom stereocenters. The topological polar surface area (TPSA) is 45.2 Å². The van der Waals surface area contributed by atoms with Crippen LogP contribution in [0.4, 0.5) is 10.2 Å². The third kappa shape index (κ3) is 2.51. The van der Waals surface area contributed by atoms with Crippen LogP contribution in [-0.4, -0.2) is 22.5 Å². The van der Waals surface area contributed by atoms with Crippen LogP contribution in [0.1, 0.15) is 15.9 Å². The molecule has 0 bridgehead atoms. The van der Waals surface area contributed by atoms with Crippen LogP contribution in [0, 0.1) is 5.82 Å². The van der Waals surface area contributed by atoms with E-state index in [0.29, 0.717) is 24.6 Å². The molecule has 1 aliphatic rings. The van der Waals surface area contributed by atoms with E-state index < -0.39 is 0 Å². The number of hydrogen-bond donors (Lipinski definition) is 1. The molecule has 1 aliphatic heterocycles. The first-order valence-corrected chi connectivity index (χ1v) is 6.86. The van der Waals surface area contributed by atoms with Crippen LogP contribution in [0.25, 0.3) is 0 Å². The van der Waals surface area contributed by atoms with Crippen LogP contribution in [-0.2, 0) is 6.54 Å². The van der Waals surface area contributed by atoms with Crippen molar-refractivity contribution in [3.63, 3.8) is 0 Å². The second-order valence-electron chi connectivity index (χ2n) is 4.51. The summed E-state index contributed by atoms with van der Waals surface area (Å²) < 4.78 is 13.6. The van der Waals surface area contributed by atoms with Gasteiger partial charge in [-0.25, -0.2) is 9.37 Å². The monoisotopic (exact) mass is 335 g/mol. The molecule has 1 N–H and O–H groups in total. The van der Waals surface area contributed by atoms with E-state index in [1.807, 2.05) is 0 Å². The number of fused-ring (bicyclic) bond motifs is 1. The Balaban J connectivity index is 1.83. The number of carbonyl (C=O) groups excluding carboxylic acids is 1. The summed E-state index contributed by atoms with van der Waals surface area (Å²) in [5.41, 5.74) is 1.42. The summed E-state index contributed by atoms with van der Waals surface area (Å²) in [6, 6.07) is 7.88. The van der Waals surface area contributed by atoms with E-state index >= 15 is 0 Å². The number of aromatic nitrogens is 1. The molecule has 3 rings (SSSR count). The predicted octanol–water partition coefficient (Wildman–Crippen LogP) is 3.01. The van der Waals surface area contributed by atoms with Crippen molar-refractivity contribution in [1.82, 2.24) is 9.88 Å². The highest BCUT2D eigenvalue weighted by Gasteiger charge is 2.25. The lowest BCUT2D eigenvalue weighted by Crippen LogP contribution is -2.39. The second-order valence-corrected chi connectivity index (χ2v) is 5.43. The molecule has 0 atom stereocenters. The summed E-state index contributed by atoms with van der Waals surface area (Å²) in [7, 11) is 0. The van der Waals surface area contributed by atoms with Gasteiger partial charge in [0.1, 0.15) is 11.6 Å². The van der Waals surface area contributed by atoms with E-state index in [1.165, 1.54) is 12.1 Å². The minimum Gasteiger partial charge on any atom is -0.352 e. The minimum atomic E-state index is -0.282. The summed E-state index contributed by atoms with van der Waals surface area (Å²) in [6.45, 7) is 0.815. The van der Waals surface area contributed by atoms with Crippen molar-refractivity contribution in [3.8, 4) is 0 Å². The Bertz CT molecular complexity index is 660. The first-order chi connectivity index (χ1) is 9.63. The summed E-state index contributed by atoms with van der Waals surface area (Å²) in [5.74, 6) is 0.223. The van der Waals surface area contributed by atoms with E-state index in [9.17, 15) is 9.18 Å². The Hall–Kier alpha value is -1.95. The average Bonchev–Trinajstić information content (AvgIpc) is 2.45. The van der Waals surface area contributed by atoms with Crippen molar-refractivity contribution in [2.75, 3.05) is 12.0 Å². The van der Waals surface area contributed by atoms with Gasteiger partial charge in [-0.05, 0) is 39.7 Å². The van der Waals surface area contributed by atoms with Gasteiger partial charge in [0.05, 0.1) is 12.2 Å². The van der Waals surface area contributed by atoms with Crippen molar-refractivity contribution in [1.29, 1.82) is 0 Å². The van der Waals surface area contributed by atoms with Crippen molar-refractivity contribution in [2.24, 2.45) is 0 Å². The van der Waals surface area contributed by atoms with Gasteiger partial charge in [-0.2, -0.15) is 0 Å². The maximum Gasteiger partial charge on any atom is 0.259 e. The molecule has 0 fully saturated rings. The molecule has 0 saturated heterocycles.